The molecule has 120 valence electrons. The predicted octanol–water partition coefficient (Wildman–Crippen LogP) is 2.28. The van der Waals surface area contributed by atoms with E-state index in [1.165, 1.54) is 4.57 Å². The van der Waals surface area contributed by atoms with E-state index in [-0.39, 0.29) is 23.1 Å². The Balaban J connectivity index is 1.83. The van der Waals surface area contributed by atoms with Crippen LogP contribution in [0, 0.1) is 5.92 Å². The Morgan fingerprint density at radius 1 is 1.26 bits per heavy atom. The van der Waals surface area contributed by atoms with E-state index in [4.69, 9.17) is 4.74 Å². The van der Waals surface area contributed by atoms with Gasteiger partial charge in [0.15, 0.2) is 0 Å². The lowest BCUT2D eigenvalue weighted by Gasteiger charge is -2.19. The fourth-order valence-electron chi connectivity index (χ4n) is 2.70. The number of methoxy groups -OCH3 is 1. The van der Waals surface area contributed by atoms with E-state index < -0.39 is 0 Å². The summed E-state index contributed by atoms with van der Waals surface area (Å²) in [7, 11) is 3.27. The van der Waals surface area contributed by atoms with E-state index in [0.717, 1.165) is 24.2 Å². The molecule has 0 spiro atoms. The molecule has 0 radical (unpaired) electrons. The van der Waals surface area contributed by atoms with Gasteiger partial charge in [0.25, 0.3) is 11.5 Å². The normalized spacial score (nSPS) is 15.0. The molecule has 0 unspecified atom stereocenters. The third-order valence-corrected chi connectivity index (χ3v) is 4.22. The maximum Gasteiger partial charge on any atom is 0.263 e. The number of ether oxygens (including phenoxy) is 1. The SMILES string of the molecule is COc1ccc([C@@H](NC(=O)c2cccn(C)c2=O)C2CC2)cc1. The van der Waals surface area contributed by atoms with Crippen LogP contribution in [0.25, 0.3) is 0 Å². The first kappa shape index (κ1) is 15.3. The molecular formula is C18H20N2O3. The highest BCUT2D eigenvalue weighted by atomic mass is 16.5. The number of amides is 1. The number of hydrogen-bond acceptors (Lipinski definition) is 3. The van der Waals surface area contributed by atoms with Gasteiger partial charge in [0, 0.05) is 13.2 Å². The Kier molecular flexibility index (Phi) is 4.19. The van der Waals surface area contributed by atoms with E-state index in [1.807, 2.05) is 24.3 Å². The molecule has 0 saturated heterocycles. The average Bonchev–Trinajstić information content (AvgIpc) is 3.40. The van der Waals surface area contributed by atoms with Gasteiger partial charge < -0.3 is 14.6 Å². The molecular weight excluding hydrogens is 292 g/mol. The molecule has 0 bridgehead atoms. The number of nitrogens with zero attached hydrogens (tertiary/aromatic N) is 1. The van der Waals surface area contributed by atoms with Crippen molar-refractivity contribution in [1.29, 1.82) is 0 Å². The Hall–Kier alpha value is -2.56. The number of rotatable bonds is 5. The van der Waals surface area contributed by atoms with E-state index in [1.54, 1.807) is 32.5 Å². The molecule has 1 fully saturated rings. The third kappa shape index (κ3) is 3.28. The lowest BCUT2D eigenvalue weighted by molar-refractivity contribution is 0.0929. The number of nitrogens with one attached hydrogen (secondary N) is 1. The topological polar surface area (TPSA) is 60.3 Å². The van der Waals surface area contributed by atoms with Crippen molar-refractivity contribution in [2.24, 2.45) is 13.0 Å². The lowest BCUT2D eigenvalue weighted by atomic mass is 10.0. The molecule has 23 heavy (non-hydrogen) atoms. The molecule has 2 aromatic rings. The second kappa shape index (κ2) is 6.28. The molecule has 1 atom stereocenters. The molecule has 1 aliphatic rings. The van der Waals surface area contributed by atoms with Crippen LogP contribution in [0.1, 0.15) is 34.8 Å². The van der Waals surface area contributed by atoms with Crippen molar-refractivity contribution < 1.29 is 9.53 Å². The summed E-state index contributed by atoms with van der Waals surface area (Å²) in [4.78, 5) is 24.6. The largest absolute Gasteiger partial charge is 0.497 e. The first-order chi connectivity index (χ1) is 11.1. The van der Waals surface area contributed by atoms with E-state index >= 15 is 0 Å². The monoisotopic (exact) mass is 312 g/mol. The zero-order valence-electron chi connectivity index (χ0n) is 13.3. The second-order valence-electron chi connectivity index (χ2n) is 5.90. The zero-order valence-corrected chi connectivity index (χ0v) is 13.3. The van der Waals surface area contributed by atoms with Crippen LogP contribution in [0.2, 0.25) is 0 Å². The number of carbonyl (C=O) groups excluding carboxylic acids is 1. The minimum atomic E-state index is -0.320. The van der Waals surface area contributed by atoms with Gasteiger partial charge in [0.1, 0.15) is 11.3 Å². The summed E-state index contributed by atoms with van der Waals surface area (Å²) in [5.41, 5.74) is 0.929. The highest BCUT2D eigenvalue weighted by Crippen LogP contribution is 2.41. The molecule has 0 aliphatic heterocycles. The minimum absolute atomic E-state index is 0.0710. The third-order valence-electron chi connectivity index (χ3n) is 4.22. The molecule has 3 rings (SSSR count). The highest BCUT2D eigenvalue weighted by Gasteiger charge is 2.34. The first-order valence-electron chi connectivity index (χ1n) is 7.70. The number of pyridine rings is 1. The first-order valence-corrected chi connectivity index (χ1v) is 7.70. The van der Waals surface area contributed by atoms with E-state index in [9.17, 15) is 9.59 Å². The summed E-state index contributed by atoms with van der Waals surface area (Å²) in [5.74, 6) is 0.894. The van der Waals surface area contributed by atoms with Gasteiger partial charge in [-0.3, -0.25) is 9.59 Å². The molecule has 1 amide bonds. The molecule has 1 aromatic heterocycles. The van der Waals surface area contributed by atoms with Crippen LogP contribution in [0.5, 0.6) is 5.75 Å². The summed E-state index contributed by atoms with van der Waals surface area (Å²) in [6.07, 6.45) is 3.81. The van der Waals surface area contributed by atoms with Crippen LogP contribution in [-0.2, 0) is 7.05 Å². The fraction of sp³-hybridized carbons (Fsp3) is 0.333. The standard InChI is InChI=1S/C18H20N2O3/c1-20-11-3-4-15(18(20)22)17(21)19-16(12-5-6-12)13-7-9-14(23-2)10-8-13/h3-4,7-12,16H,5-6H2,1-2H3,(H,19,21)/t16-/m0/s1. The number of carbonyl (C=O) groups is 1. The zero-order chi connectivity index (χ0) is 16.4. The van der Waals surface area contributed by atoms with Crippen LogP contribution in [0.3, 0.4) is 0 Å². The molecule has 1 saturated carbocycles. The smallest absolute Gasteiger partial charge is 0.263 e. The van der Waals surface area contributed by atoms with Gasteiger partial charge in [-0.25, -0.2) is 0 Å². The number of benzene rings is 1. The van der Waals surface area contributed by atoms with Crippen molar-refractivity contribution in [2.45, 2.75) is 18.9 Å². The Bertz CT molecular complexity index is 761. The lowest BCUT2D eigenvalue weighted by Crippen LogP contribution is -2.35. The summed E-state index contributed by atoms with van der Waals surface area (Å²) >= 11 is 0. The molecule has 1 heterocycles. The molecule has 1 aliphatic carbocycles. The minimum Gasteiger partial charge on any atom is -0.497 e. The van der Waals surface area contributed by atoms with Crippen LogP contribution in [-0.4, -0.2) is 17.6 Å². The van der Waals surface area contributed by atoms with Gasteiger partial charge in [-0.15, -0.1) is 0 Å². The van der Waals surface area contributed by atoms with Gasteiger partial charge >= 0.3 is 0 Å². The molecule has 1 N–H and O–H groups in total. The molecule has 5 nitrogen and oxygen atoms in total. The fourth-order valence-corrected chi connectivity index (χ4v) is 2.70. The summed E-state index contributed by atoms with van der Waals surface area (Å²) in [6.45, 7) is 0. The van der Waals surface area contributed by atoms with Crippen LogP contribution >= 0.6 is 0 Å². The predicted molar refractivity (Wildman–Crippen MR) is 87.6 cm³/mol. The van der Waals surface area contributed by atoms with E-state index in [0.29, 0.717) is 5.92 Å². The molecule has 1 aromatic carbocycles. The Labute approximate surface area is 134 Å². The maximum atomic E-state index is 12.5. The summed E-state index contributed by atoms with van der Waals surface area (Å²) in [6, 6.07) is 10.9. The van der Waals surface area contributed by atoms with Gasteiger partial charge in [0.2, 0.25) is 0 Å². The van der Waals surface area contributed by atoms with E-state index in [2.05, 4.69) is 5.32 Å². The highest BCUT2D eigenvalue weighted by molar-refractivity contribution is 5.94. The van der Waals surface area contributed by atoms with Crippen molar-refractivity contribution in [2.75, 3.05) is 7.11 Å². The van der Waals surface area contributed by atoms with Gasteiger partial charge in [-0.1, -0.05) is 12.1 Å². The Morgan fingerprint density at radius 2 is 1.96 bits per heavy atom. The van der Waals surface area contributed by atoms with Crippen molar-refractivity contribution >= 4 is 5.91 Å². The Morgan fingerprint density at radius 3 is 2.57 bits per heavy atom. The van der Waals surface area contributed by atoms with Crippen molar-refractivity contribution in [3.63, 3.8) is 0 Å². The van der Waals surface area contributed by atoms with Gasteiger partial charge in [-0.05, 0) is 48.6 Å². The summed E-state index contributed by atoms with van der Waals surface area (Å²) in [5, 5.41) is 3.02. The number of aryl methyl sites for hydroxylation is 1. The number of hydrogen-bond donors (Lipinski definition) is 1. The van der Waals surface area contributed by atoms with Crippen LogP contribution in [0.15, 0.2) is 47.4 Å². The maximum absolute atomic E-state index is 12.5. The van der Waals surface area contributed by atoms with Crippen molar-refractivity contribution in [1.82, 2.24) is 9.88 Å². The van der Waals surface area contributed by atoms with Gasteiger partial charge in [-0.2, -0.15) is 0 Å². The van der Waals surface area contributed by atoms with Gasteiger partial charge in [0.05, 0.1) is 13.2 Å². The van der Waals surface area contributed by atoms with Crippen LogP contribution < -0.4 is 15.6 Å². The van der Waals surface area contributed by atoms with Crippen LogP contribution in [0.4, 0.5) is 0 Å². The quantitative estimate of drug-likeness (QED) is 0.921. The van der Waals surface area contributed by atoms with Crippen molar-refractivity contribution in [3.8, 4) is 5.75 Å². The second-order valence-corrected chi connectivity index (χ2v) is 5.90. The number of aromatic nitrogens is 1. The molecule has 5 heteroatoms. The average molecular weight is 312 g/mol. The summed E-state index contributed by atoms with van der Waals surface area (Å²) < 4.78 is 6.58. The van der Waals surface area contributed by atoms with Crippen molar-refractivity contribution in [3.05, 3.63) is 64.1 Å².